The number of rotatable bonds is 4. The lowest BCUT2D eigenvalue weighted by molar-refractivity contribution is -0.274. The monoisotopic (exact) mass is 279 g/mol. The van der Waals surface area contributed by atoms with Crippen LogP contribution in [0.5, 0.6) is 5.75 Å². The van der Waals surface area contributed by atoms with Gasteiger partial charge in [-0.3, -0.25) is 0 Å². The van der Waals surface area contributed by atoms with Gasteiger partial charge in [0.05, 0.1) is 5.02 Å². The van der Waals surface area contributed by atoms with Crippen LogP contribution < -0.4 is 10.5 Å². The second kappa shape index (κ2) is 5.63. The predicted octanol–water partition coefficient (Wildman–Crippen LogP) is 4.20. The maximum atomic E-state index is 12.0. The fourth-order valence-corrected chi connectivity index (χ4v) is 1.68. The molecule has 1 aromatic carbocycles. The standard InChI is InChI=1S/C12H13ClF3NO/c1-7(2)5-10(17)8-3-4-11(9(13)6-8)18-12(14,15)16/h3-4,6,10H,1,5,17H2,2H3/t10-/m0/s1. The van der Waals surface area contributed by atoms with Crippen molar-refractivity contribution in [3.63, 3.8) is 0 Å². The molecule has 0 saturated carbocycles. The number of hydrogen-bond acceptors (Lipinski definition) is 2. The maximum Gasteiger partial charge on any atom is 0.573 e. The quantitative estimate of drug-likeness (QED) is 0.838. The first-order valence-electron chi connectivity index (χ1n) is 5.14. The van der Waals surface area contributed by atoms with Crippen LogP contribution in [0.3, 0.4) is 0 Å². The van der Waals surface area contributed by atoms with Crippen molar-refractivity contribution >= 4 is 11.6 Å². The van der Waals surface area contributed by atoms with Crippen molar-refractivity contribution in [2.45, 2.75) is 25.7 Å². The van der Waals surface area contributed by atoms with E-state index >= 15 is 0 Å². The second-order valence-corrected chi connectivity index (χ2v) is 4.41. The highest BCUT2D eigenvalue weighted by Crippen LogP contribution is 2.32. The zero-order chi connectivity index (χ0) is 13.9. The first kappa shape index (κ1) is 14.9. The van der Waals surface area contributed by atoms with Crippen LogP contribution in [0.1, 0.15) is 24.9 Å². The molecule has 0 spiro atoms. The van der Waals surface area contributed by atoms with Gasteiger partial charge in [-0.1, -0.05) is 23.2 Å². The number of nitrogens with two attached hydrogens (primary N) is 1. The molecule has 2 nitrogen and oxygen atoms in total. The largest absolute Gasteiger partial charge is 0.573 e. The van der Waals surface area contributed by atoms with Crippen molar-refractivity contribution in [2.75, 3.05) is 0 Å². The molecular formula is C12H13ClF3NO. The minimum Gasteiger partial charge on any atom is -0.404 e. The van der Waals surface area contributed by atoms with Crippen molar-refractivity contribution in [3.8, 4) is 5.75 Å². The van der Waals surface area contributed by atoms with Crippen molar-refractivity contribution in [3.05, 3.63) is 40.9 Å². The third-order valence-electron chi connectivity index (χ3n) is 2.18. The van der Waals surface area contributed by atoms with E-state index in [1.165, 1.54) is 12.1 Å². The van der Waals surface area contributed by atoms with Crippen LogP contribution in [-0.2, 0) is 0 Å². The summed E-state index contributed by atoms with van der Waals surface area (Å²) in [5.41, 5.74) is 7.38. The van der Waals surface area contributed by atoms with Gasteiger partial charge in [-0.15, -0.1) is 19.8 Å². The van der Waals surface area contributed by atoms with Crippen LogP contribution in [0.4, 0.5) is 13.2 Å². The maximum absolute atomic E-state index is 12.0. The minimum atomic E-state index is -4.76. The summed E-state index contributed by atoms with van der Waals surface area (Å²) in [7, 11) is 0. The van der Waals surface area contributed by atoms with Crippen LogP contribution in [0.25, 0.3) is 0 Å². The Morgan fingerprint density at radius 1 is 1.50 bits per heavy atom. The van der Waals surface area contributed by atoms with Crippen LogP contribution in [-0.4, -0.2) is 6.36 Å². The molecule has 1 aromatic rings. The summed E-state index contributed by atoms with van der Waals surface area (Å²) in [6, 6.07) is 3.64. The molecule has 6 heteroatoms. The Hall–Kier alpha value is -1.20. The van der Waals surface area contributed by atoms with E-state index in [-0.39, 0.29) is 11.1 Å². The smallest absolute Gasteiger partial charge is 0.404 e. The van der Waals surface area contributed by atoms with E-state index in [4.69, 9.17) is 17.3 Å². The van der Waals surface area contributed by atoms with Gasteiger partial charge in [0.15, 0.2) is 0 Å². The Labute approximate surface area is 108 Å². The zero-order valence-corrected chi connectivity index (χ0v) is 10.5. The Balaban J connectivity index is 2.88. The lowest BCUT2D eigenvalue weighted by Crippen LogP contribution is -2.17. The molecule has 1 rings (SSSR count). The number of halogens is 4. The van der Waals surface area contributed by atoms with Crippen molar-refractivity contribution in [1.82, 2.24) is 0 Å². The molecule has 0 aliphatic heterocycles. The van der Waals surface area contributed by atoms with Gasteiger partial charge in [-0.25, -0.2) is 0 Å². The highest BCUT2D eigenvalue weighted by atomic mass is 35.5. The SMILES string of the molecule is C=C(C)C[C@H](N)c1ccc(OC(F)(F)F)c(Cl)c1. The Bertz CT molecular complexity index is 445. The zero-order valence-electron chi connectivity index (χ0n) is 9.72. The number of alkyl halides is 3. The molecule has 0 aliphatic rings. The lowest BCUT2D eigenvalue weighted by Gasteiger charge is -2.15. The molecule has 0 aliphatic carbocycles. The fraction of sp³-hybridized carbons (Fsp3) is 0.333. The summed E-state index contributed by atoms with van der Waals surface area (Å²) in [6.07, 6.45) is -4.22. The third-order valence-corrected chi connectivity index (χ3v) is 2.47. The summed E-state index contributed by atoms with van der Waals surface area (Å²) < 4.78 is 39.9. The van der Waals surface area contributed by atoms with E-state index in [9.17, 15) is 13.2 Å². The van der Waals surface area contributed by atoms with Crippen molar-refractivity contribution in [1.29, 1.82) is 0 Å². The van der Waals surface area contributed by atoms with Crippen LogP contribution >= 0.6 is 11.6 Å². The highest BCUT2D eigenvalue weighted by Gasteiger charge is 2.32. The first-order valence-corrected chi connectivity index (χ1v) is 5.52. The molecule has 0 fully saturated rings. The van der Waals surface area contributed by atoms with Crippen molar-refractivity contribution < 1.29 is 17.9 Å². The fourth-order valence-electron chi connectivity index (χ4n) is 1.45. The molecule has 18 heavy (non-hydrogen) atoms. The summed E-state index contributed by atoms with van der Waals surface area (Å²) in [6.45, 7) is 5.54. The molecule has 1 atom stereocenters. The van der Waals surface area contributed by atoms with E-state index in [1.807, 2.05) is 6.92 Å². The average Bonchev–Trinajstić information content (AvgIpc) is 2.18. The van der Waals surface area contributed by atoms with Gasteiger partial charge in [0.2, 0.25) is 0 Å². The Morgan fingerprint density at radius 3 is 2.56 bits per heavy atom. The molecule has 0 saturated heterocycles. The van der Waals surface area contributed by atoms with Gasteiger partial charge in [-0.05, 0) is 31.0 Å². The molecule has 2 N–H and O–H groups in total. The van der Waals surface area contributed by atoms with E-state index < -0.39 is 12.1 Å². The number of ether oxygens (including phenoxy) is 1. The molecule has 0 aromatic heterocycles. The first-order chi connectivity index (χ1) is 8.19. The number of hydrogen-bond donors (Lipinski definition) is 1. The second-order valence-electron chi connectivity index (χ2n) is 4.01. The Kier molecular flexibility index (Phi) is 4.65. The van der Waals surface area contributed by atoms with Crippen molar-refractivity contribution in [2.24, 2.45) is 5.73 Å². The normalized spacial score (nSPS) is 13.2. The average molecular weight is 280 g/mol. The number of benzene rings is 1. The Morgan fingerprint density at radius 2 is 2.11 bits per heavy atom. The topological polar surface area (TPSA) is 35.2 Å². The highest BCUT2D eigenvalue weighted by molar-refractivity contribution is 6.32. The third kappa shape index (κ3) is 4.58. The molecule has 0 heterocycles. The van der Waals surface area contributed by atoms with Gasteiger partial charge < -0.3 is 10.5 Å². The molecule has 0 unspecified atom stereocenters. The molecular weight excluding hydrogens is 267 g/mol. The predicted molar refractivity (Wildman–Crippen MR) is 64.5 cm³/mol. The van der Waals surface area contributed by atoms with E-state index in [1.54, 1.807) is 0 Å². The van der Waals surface area contributed by atoms with E-state index in [0.717, 1.165) is 11.6 Å². The molecule has 0 bridgehead atoms. The minimum absolute atomic E-state index is 0.123. The van der Waals surface area contributed by atoms with Gasteiger partial charge in [0.25, 0.3) is 0 Å². The summed E-state index contributed by atoms with van der Waals surface area (Å²) in [4.78, 5) is 0. The van der Waals surface area contributed by atoms with Crippen LogP contribution in [0.2, 0.25) is 5.02 Å². The van der Waals surface area contributed by atoms with Gasteiger partial charge in [0, 0.05) is 6.04 Å². The molecule has 0 radical (unpaired) electrons. The summed E-state index contributed by atoms with van der Waals surface area (Å²) in [5, 5.41) is -0.123. The molecule has 0 amide bonds. The van der Waals surface area contributed by atoms with Gasteiger partial charge >= 0.3 is 6.36 Å². The van der Waals surface area contributed by atoms with E-state index in [2.05, 4.69) is 11.3 Å². The van der Waals surface area contributed by atoms with E-state index in [0.29, 0.717) is 12.0 Å². The summed E-state index contributed by atoms with van der Waals surface area (Å²) in [5.74, 6) is -0.435. The summed E-state index contributed by atoms with van der Waals surface area (Å²) >= 11 is 5.71. The molecule has 100 valence electrons. The van der Waals surface area contributed by atoms with Gasteiger partial charge in [-0.2, -0.15) is 0 Å². The van der Waals surface area contributed by atoms with Gasteiger partial charge in [0.1, 0.15) is 5.75 Å². The van der Waals surface area contributed by atoms with Crippen LogP contribution in [0.15, 0.2) is 30.4 Å². The van der Waals surface area contributed by atoms with Crippen LogP contribution in [0, 0.1) is 0 Å². The lowest BCUT2D eigenvalue weighted by atomic mass is 10.0.